The number of amides is 1. The molecule has 1 amide bonds. The second-order valence-electron chi connectivity index (χ2n) is 5.38. The van der Waals surface area contributed by atoms with Crippen LogP contribution in [0.15, 0.2) is 54.6 Å². The van der Waals surface area contributed by atoms with Crippen LogP contribution >= 0.6 is 0 Å². The molecule has 1 atom stereocenters. The highest BCUT2D eigenvalue weighted by atomic mass is 16.5. The number of aliphatic carboxylic acids is 1. The predicted octanol–water partition coefficient (Wildman–Crippen LogP) is 3.01. The summed E-state index contributed by atoms with van der Waals surface area (Å²) in [6, 6.07) is 15.2. The molecule has 6 nitrogen and oxygen atoms in total. The van der Waals surface area contributed by atoms with Crippen molar-refractivity contribution in [3.8, 4) is 5.75 Å². The highest BCUT2D eigenvalue weighted by Crippen LogP contribution is 2.13. The Morgan fingerprint density at radius 1 is 1.04 bits per heavy atom. The quantitative estimate of drug-likeness (QED) is 0.770. The summed E-state index contributed by atoms with van der Waals surface area (Å²) >= 11 is 0. The van der Waals surface area contributed by atoms with Crippen LogP contribution < -0.4 is 10.1 Å². The summed E-state index contributed by atoms with van der Waals surface area (Å²) in [5.74, 6) is -0.404. The minimum atomic E-state index is -1.12. The van der Waals surface area contributed by atoms with Gasteiger partial charge in [-0.2, -0.15) is 0 Å². The van der Waals surface area contributed by atoms with E-state index >= 15 is 0 Å². The summed E-state index contributed by atoms with van der Waals surface area (Å²) in [5, 5.41) is 11.7. The van der Waals surface area contributed by atoms with Crippen LogP contribution in [0.1, 0.15) is 18.1 Å². The number of rotatable bonds is 8. The number of carbonyl (C=O) groups is 2. The number of carbonyl (C=O) groups excluding carboxylic acids is 1. The highest BCUT2D eigenvalue weighted by molar-refractivity contribution is 5.80. The van der Waals surface area contributed by atoms with E-state index in [9.17, 15) is 14.7 Å². The average molecular weight is 343 g/mol. The summed E-state index contributed by atoms with van der Waals surface area (Å²) in [4.78, 5) is 23.2. The fourth-order valence-electron chi connectivity index (χ4n) is 2.23. The van der Waals surface area contributed by atoms with E-state index in [1.807, 2.05) is 37.3 Å². The van der Waals surface area contributed by atoms with Gasteiger partial charge in [-0.3, -0.25) is 0 Å². The molecule has 2 aromatic carbocycles. The van der Waals surface area contributed by atoms with Crippen molar-refractivity contribution >= 4 is 12.1 Å². The molecule has 0 unspecified atom stereocenters. The first-order valence-corrected chi connectivity index (χ1v) is 8.00. The zero-order valence-electron chi connectivity index (χ0n) is 14.0. The van der Waals surface area contributed by atoms with E-state index in [1.54, 1.807) is 24.3 Å². The fourth-order valence-corrected chi connectivity index (χ4v) is 2.23. The van der Waals surface area contributed by atoms with Crippen LogP contribution in [0.4, 0.5) is 4.79 Å². The fraction of sp³-hybridized carbons (Fsp3) is 0.263. The Balaban J connectivity index is 1.89. The van der Waals surface area contributed by atoms with Gasteiger partial charge in [-0.25, -0.2) is 9.59 Å². The summed E-state index contributed by atoms with van der Waals surface area (Å²) < 4.78 is 10.4. The Hall–Kier alpha value is -3.02. The van der Waals surface area contributed by atoms with Gasteiger partial charge in [0.25, 0.3) is 0 Å². The van der Waals surface area contributed by atoms with Gasteiger partial charge in [0, 0.05) is 6.42 Å². The highest BCUT2D eigenvalue weighted by Gasteiger charge is 2.21. The summed E-state index contributed by atoms with van der Waals surface area (Å²) in [6.45, 7) is 2.54. The molecule has 0 bridgehead atoms. The van der Waals surface area contributed by atoms with Crippen LogP contribution in [0.2, 0.25) is 0 Å². The molecule has 6 heteroatoms. The number of hydrogen-bond acceptors (Lipinski definition) is 4. The summed E-state index contributed by atoms with van der Waals surface area (Å²) in [6.07, 6.45) is -0.607. The molecule has 0 fully saturated rings. The lowest BCUT2D eigenvalue weighted by molar-refractivity contribution is -0.139. The Morgan fingerprint density at radius 2 is 1.72 bits per heavy atom. The number of alkyl carbamates (subject to hydrolysis) is 1. The van der Waals surface area contributed by atoms with Crippen molar-refractivity contribution in [3.05, 3.63) is 65.7 Å². The number of ether oxygens (including phenoxy) is 2. The third-order valence-electron chi connectivity index (χ3n) is 3.48. The lowest BCUT2D eigenvalue weighted by atomic mass is 10.1. The molecule has 0 aliphatic rings. The molecule has 0 aliphatic carbocycles. The van der Waals surface area contributed by atoms with E-state index in [-0.39, 0.29) is 13.0 Å². The molecule has 2 N–H and O–H groups in total. The van der Waals surface area contributed by atoms with Gasteiger partial charge in [0.2, 0.25) is 0 Å². The van der Waals surface area contributed by atoms with Gasteiger partial charge in [0.05, 0.1) is 6.61 Å². The molecular weight excluding hydrogens is 322 g/mol. The van der Waals surface area contributed by atoms with E-state index in [0.717, 1.165) is 11.1 Å². The number of benzene rings is 2. The zero-order chi connectivity index (χ0) is 18.1. The van der Waals surface area contributed by atoms with Crippen molar-refractivity contribution < 1.29 is 24.2 Å². The maximum Gasteiger partial charge on any atom is 0.408 e. The number of carboxylic acids is 1. The number of carboxylic acid groups (broad SMARTS) is 1. The molecule has 0 saturated carbocycles. The van der Waals surface area contributed by atoms with Crippen molar-refractivity contribution in [1.29, 1.82) is 0 Å². The van der Waals surface area contributed by atoms with Gasteiger partial charge < -0.3 is 19.9 Å². The molecule has 0 saturated heterocycles. The van der Waals surface area contributed by atoms with E-state index < -0.39 is 18.1 Å². The minimum Gasteiger partial charge on any atom is -0.494 e. The van der Waals surface area contributed by atoms with Crippen molar-refractivity contribution in [1.82, 2.24) is 5.32 Å². The predicted molar refractivity (Wildman–Crippen MR) is 92.5 cm³/mol. The first-order chi connectivity index (χ1) is 12.1. The number of nitrogens with one attached hydrogen (secondary N) is 1. The molecule has 2 aromatic rings. The maximum atomic E-state index is 11.8. The van der Waals surface area contributed by atoms with Crippen LogP contribution in [-0.4, -0.2) is 29.8 Å². The standard InChI is InChI=1S/C19H21NO5/c1-2-24-16-10-8-14(9-11-16)12-17(18(21)22)20-19(23)25-13-15-6-4-3-5-7-15/h3-11,17H,2,12-13H2,1H3,(H,20,23)(H,21,22)/t17-/m0/s1. The lowest BCUT2D eigenvalue weighted by Crippen LogP contribution is -2.42. The third kappa shape index (κ3) is 6.18. The van der Waals surface area contributed by atoms with Crippen LogP contribution in [-0.2, 0) is 22.6 Å². The van der Waals surface area contributed by atoms with E-state index in [4.69, 9.17) is 9.47 Å². The molecule has 0 aromatic heterocycles. The molecule has 0 heterocycles. The third-order valence-corrected chi connectivity index (χ3v) is 3.48. The van der Waals surface area contributed by atoms with Gasteiger partial charge in [0.15, 0.2) is 0 Å². The largest absolute Gasteiger partial charge is 0.494 e. The topological polar surface area (TPSA) is 84.9 Å². The van der Waals surface area contributed by atoms with E-state index in [0.29, 0.717) is 12.4 Å². The Morgan fingerprint density at radius 3 is 2.32 bits per heavy atom. The first kappa shape index (κ1) is 18.3. The second kappa shape index (κ2) is 9.32. The van der Waals surface area contributed by atoms with E-state index in [1.165, 1.54) is 0 Å². The Bertz CT molecular complexity index is 685. The van der Waals surface area contributed by atoms with Crippen molar-refractivity contribution in [2.75, 3.05) is 6.61 Å². The first-order valence-electron chi connectivity index (χ1n) is 8.00. The molecular formula is C19H21NO5. The molecule has 2 rings (SSSR count). The van der Waals surface area contributed by atoms with Crippen molar-refractivity contribution in [2.24, 2.45) is 0 Å². The van der Waals surface area contributed by atoms with Gasteiger partial charge in [-0.1, -0.05) is 42.5 Å². The Kier molecular flexibility index (Phi) is 6.83. The Labute approximate surface area is 146 Å². The minimum absolute atomic E-state index is 0.0854. The SMILES string of the molecule is CCOc1ccc(C[C@H](NC(=O)OCc2ccccc2)C(=O)O)cc1. The average Bonchev–Trinajstić information content (AvgIpc) is 2.62. The molecule has 132 valence electrons. The normalized spacial score (nSPS) is 11.4. The van der Waals surface area contributed by atoms with Crippen molar-refractivity contribution in [3.63, 3.8) is 0 Å². The molecule has 0 aliphatic heterocycles. The van der Waals surface area contributed by atoms with E-state index in [2.05, 4.69) is 5.32 Å². The zero-order valence-corrected chi connectivity index (χ0v) is 14.0. The monoisotopic (exact) mass is 343 g/mol. The maximum absolute atomic E-state index is 11.8. The van der Waals surface area contributed by atoms with Gasteiger partial charge in [-0.15, -0.1) is 0 Å². The van der Waals surface area contributed by atoms with Crippen molar-refractivity contribution in [2.45, 2.75) is 26.0 Å². The summed E-state index contributed by atoms with van der Waals surface area (Å²) in [5.41, 5.74) is 1.61. The van der Waals surface area contributed by atoms with Crippen LogP contribution in [0.25, 0.3) is 0 Å². The van der Waals surface area contributed by atoms with Crippen LogP contribution in [0.3, 0.4) is 0 Å². The van der Waals surface area contributed by atoms with Gasteiger partial charge >= 0.3 is 12.1 Å². The summed E-state index contributed by atoms with van der Waals surface area (Å²) in [7, 11) is 0. The van der Waals surface area contributed by atoms with Crippen LogP contribution in [0.5, 0.6) is 5.75 Å². The molecule has 0 radical (unpaired) electrons. The van der Waals surface area contributed by atoms with Gasteiger partial charge in [0.1, 0.15) is 18.4 Å². The smallest absolute Gasteiger partial charge is 0.408 e. The number of hydrogen-bond donors (Lipinski definition) is 2. The molecule has 0 spiro atoms. The molecule has 25 heavy (non-hydrogen) atoms. The second-order valence-corrected chi connectivity index (χ2v) is 5.38. The lowest BCUT2D eigenvalue weighted by Gasteiger charge is -2.15. The van der Waals surface area contributed by atoms with Gasteiger partial charge in [-0.05, 0) is 30.2 Å². The van der Waals surface area contributed by atoms with Crippen LogP contribution in [0, 0.1) is 0 Å².